The number of likely N-dealkylation sites (tertiary alicyclic amines) is 1. The molecule has 0 amide bonds. The highest BCUT2D eigenvalue weighted by atomic mass is 79.9. The monoisotopic (exact) mass is 421 g/mol. The van der Waals surface area contributed by atoms with Crippen LogP contribution in [0.15, 0.2) is 22.7 Å². The second-order valence-electron chi connectivity index (χ2n) is 8.03. The summed E-state index contributed by atoms with van der Waals surface area (Å²) in [6.45, 7) is 6.58. The van der Waals surface area contributed by atoms with Crippen LogP contribution in [0.3, 0.4) is 0 Å². The summed E-state index contributed by atoms with van der Waals surface area (Å²) < 4.78 is 7.13. The Hall–Kier alpha value is -0.780. The van der Waals surface area contributed by atoms with E-state index in [4.69, 9.17) is 4.74 Å². The molecule has 0 atom stereocenters. The number of piperidine rings is 1. The minimum absolute atomic E-state index is 0.523. The zero-order valence-corrected chi connectivity index (χ0v) is 17.5. The fourth-order valence-electron chi connectivity index (χ4n) is 4.90. The molecule has 1 aliphatic carbocycles. The van der Waals surface area contributed by atoms with E-state index in [0.29, 0.717) is 12.1 Å². The molecule has 0 bridgehead atoms. The lowest BCUT2D eigenvalue weighted by Crippen LogP contribution is -2.49. The second kappa shape index (κ2) is 8.49. The first-order valence-corrected chi connectivity index (χ1v) is 11.2. The van der Waals surface area contributed by atoms with Gasteiger partial charge in [-0.2, -0.15) is 0 Å². The highest BCUT2D eigenvalue weighted by Crippen LogP contribution is 2.37. The van der Waals surface area contributed by atoms with Crippen LogP contribution in [0.25, 0.3) is 0 Å². The van der Waals surface area contributed by atoms with Crippen molar-refractivity contribution < 1.29 is 4.74 Å². The van der Waals surface area contributed by atoms with Crippen molar-refractivity contribution in [2.24, 2.45) is 0 Å². The Labute approximate surface area is 166 Å². The number of halogens is 1. The molecular formula is C21H32BrN3O. The average molecular weight is 422 g/mol. The molecule has 1 aromatic carbocycles. The standard InChI is InChI=1S/C21H32BrN3O/c1-2-13-26-19-6-4-17(5-7-19)24-11-9-18(10-12-24)25-15-23-20-8-3-16(22)14-21(20)25/h3,8,14,17-19,23H,2,4-7,9-13,15H2,1H3. The number of nitrogens with zero attached hydrogens (tertiary/aromatic N) is 2. The number of hydrogen-bond donors (Lipinski definition) is 1. The molecule has 5 heteroatoms. The number of rotatable bonds is 5. The molecule has 4 rings (SSSR count). The lowest BCUT2D eigenvalue weighted by atomic mass is 9.90. The number of ether oxygens (including phenoxy) is 1. The van der Waals surface area contributed by atoms with E-state index in [0.717, 1.165) is 25.7 Å². The maximum atomic E-state index is 5.96. The Morgan fingerprint density at radius 3 is 2.58 bits per heavy atom. The quantitative estimate of drug-likeness (QED) is 0.735. The average Bonchev–Trinajstić information content (AvgIpc) is 3.10. The van der Waals surface area contributed by atoms with Crippen molar-refractivity contribution in [3.63, 3.8) is 0 Å². The number of hydrogen-bond acceptors (Lipinski definition) is 4. The van der Waals surface area contributed by atoms with E-state index in [-0.39, 0.29) is 0 Å². The van der Waals surface area contributed by atoms with Gasteiger partial charge in [0.1, 0.15) is 0 Å². The van der Waals surface area contributed by atoms with Gasteiger partial charge in [-0.15, -0.1) is 0 Å². The zero-order valence-electron chi connectivity index (χ0n) is 15.9. The van der Waals surface area contributed by atoms with Gasteiger partial charge >= 0.3 is 0 Å². The van der Waals surface area contributed by atoms with Gasteiger partial charge < -0.3 is 19.9 Å². The lowest BCUT2D eigenvalue weighted by molar-refractivity contribution is 0.00388. The predicted molar refractivity (Wildman–Crippen MR) is 112 cm³/mol. The van der Waals surface area contributed by atoms with Crippen molar-refractivity contribution in [1.29, 1.82) is 0 Å². The molecule has 4 nitrogen and oxygen atoms in total. The molecule has 1 N–H and O–H groups in total. The largest absolute Gasteiger partial charge is 0.378 e. The van der Waals surface area contributed by atoms with Gasteiger partial charge in [0.25, 0.3) is 0 Å². The molecule has 2 fully saturated rings. The number of benzene rings is 1. The van der Waals surface area contributed by atoms with Gasteiger partial charge in [-0.3, -0.25) is 0 Å². The lowest BCUT2D eigenvalue weighted by Gasteiger charge is -2.43. The van der Waals surface area contributed by atoms with E-state index < -0.39 is 0 Å². The van der Waals surface area contributed by atoms with E-state index in [1.54, 1.807) is 0 Å². The van der Waals surface area contributed by atoms with Crippen LogP contribution in [-0.4, -0.2) is 49.5 Å². The Kier molecular flexibility index (Phi) is 6.07. The van der Waals surface area contributed by atoms with Crippen molar-refractivity contribution in [1.82, 2.24) is 4.90 Å². The van der Waals surface area contributed by atoms with Crippen LogP contribution in [0.4, 0.5) is 11.4 Å². The summed E-state index contributed by atoms with van der Waals surface area (Å²) >= 11 is 3.63. The molecule has 1 saturated carbocycles. The van der Waals surface area contributed by atoms with Crippen LogP contribution in [0.1, 0.15) is 51.9 Å². The first kappa shape index (κ1) is 18.6. The Morgan fingerprint density at radius 1 is 1.08 bits per heavy atom. The molecule has 0 spiro atoms. The van der Waals surface area contributed by atoms with E-state index >= 15 is 0 Å². The third-order valence-electron chi connectivity index (χ3n) is 6.37. The van der Waals surface area contributed by atoms with E-state index in [2.05, 4.69) is 56.2 Å². The molecule has 0 radical (unpaired) electrons. The molecule has 1 aromatic rings. The van der Waals surface area contributed by atoms with E-state index in [1.165, 1.54) is 67.5 Å². The maximum absolute atomic E-state index is 5.96. The molecule has 1 saturated heterocycles. The van der Waals surface area contributed by atoms with Crippen molar-refractivity contribution >= 4 is 27.3 Å². The van der Waals surface area contributed by atoms with Crippen LogP contribution in [-0.2, 0) is 4.74 Å². The van der Waals surface area contributed by atoms with Gasteiger partial charge in [0, 0.05) is 36.3 Å². The minimum Gasteiger partial charge on any atom is -0.378 e. The molecule has 3 aliphatic rings. The molecule has 2 heterocycles. The molecule has 2 aliphatic heterocycles. The van der Waals surface area contributed by atoms with Crippen molar-refractivity contribution in [3.8, 4) is 0 Å². The summed E-state index contributed by atoms with van der Waals surface area (Å²) in [5, 5.41) is 3.55. The third-order valence-corrected chi connectivity index (χ3v) is 6.86. The SMILES string of the molecule is CCCOC1CCC(N2CCC(N3CNc4ccc(Br)cc43)CC2)CC1. The smallest absolute Gasteiger partial charge is 0.0880 e. The van der Waals surface area contributed by atoms with E-state index in [9.17, 15) is 0 Å². The van der Waals surface area contributed by atoms with Gasteiger partial charge in [0.2, 0.25) is 0 Å². The zero-order chi connectivity index (χ0) is 17.9. The van der Waals surface area contributed by atoms with Gasteiger partial charge in [0.05, 0.1) is 24.1 Å². The van der Waals surface area contributed by atoms with Crippen LogP contribution in [0.5, 0.6) is 0 Å². The number of anilines is 2. The summed E-state index contributed by atoms with van der Waals surface area (Å²) in [7, 11) is 0. The first-order chi connectivity index (χ1) is 12.7. The second-order valence-corrected chi connectivity index (χ2v) is 8.95. The fourth-order valence-corrected chi connectivity index (χ4v) is 5.25. The Bertz CT molecular complexity index is 595. The summed E-state index contributed by atoms with van der Waals surface area (Å²) in [5.74, 6) is 0. The molecule has 144 valence electrons. The third kappa shape index (κ3) is 4.05. The molecule has 0 aromatic heterocycles. The fraction of sp³-hybridized carbons (Fsp3) is 0.714. The maximum Gasteiger partial charge on any atom is 0.0880 e. The Morgan fingerprint density at radius 2 is 1.85 bits per heavy atom. The highest BCUT2D eigenvalue weighted by molar-refractivity contribution is 9.10. The highest BCUT2D eigenvalue weighted by Gasteiger charge is 2.33. The molecule has 0 unspecified atom stereocenters. The summed E-state index contributed by atoms with van der Waals surface area (Å²) in [5.41, 5.74) is 2.65. The number of fused-ring (bicyclic) bond motifs is 1. The summed E-state index contributed by atoms with van der Waals surface area (Å²) in [4.78, 5) is 5.34. The van der Waals surface area contributed by atoms with Crippen LogP contribution >= 0.6 is 15.9 Å². The number of nitrogens with one attached hydrogen (secondary N) is 1. The van der Waals surface area contributed by atoms with Gasteiger partial charge in [-0.05, 0) is 63.1 Å². The summed E-state index contributed by atoms with van der Waals surface area (Å²) in [6.07, 6.45) is 9.36. The minimum atomic E-state index is 0.523. The van der Waals surface area contributed by atoms with Crippen molar-refractivity contribution in [3.05, 3.63) is 22.7 Å². The molecular weight excluding hydrogens is 390 g/mol. The summed E-state index contributed by atoms with van der Waals surface area (Å²) in [6, 6.07) is 8.03. The molecule has 26 heavy (non-hydrogen) atoms. The van der Waals surface area contributed by atoms with Gasteiger partial charge in [-0.25, -0.2) is 0 Å². The van der Waals surface area contributed by atoms with Gasteiger partial charge in [0.15, 0.2) is 0 Å². The van der Waals surface area contributed by atoms with Crippen molar-refractivity contribution in [2.45, 2.75) is 70.1 Å². The Balaban J connectivity index is 1.27. The van der Waals surface area contributed by atoms with Crippen LogP contribution in [0, 0.1) is 0 Å². The predicted octanol–water partition coefficient (Wildman–Crippen LogP) is 4.84. The van der Waals surface area contributed by atoms with Crippen LogP contribution < -0.4 is 10.2 Å². The normalized spacial score (nSPS) is 27.4. The van der Waals surface area contributed by atoms with Gasteiger partial charge in [-0.1, -0.05) is 22.9 Å². The topological polar surface area (TPSA) is 27.7 Å². The van der Waals surface area contributed by atoms with Crippen molar-refractivity contribution in [2.75, 3.05) is 36.6 Å². The van der Waals surface area contributed by atoms with E-state index in [1.807, 2.05) is 0 Å². The first-order valence-electron chi connectivity index (χ1n) is 10.4. The van der Waals surface area contributed by atoms with Crippen LogP contribution in [0.2, 0.25) is 0 Å².